The Morgan fingerprint density at radius 2 is 1.71 bits per heavy atom. The molecule has 0 aliphatic rings. The van der Waals surface area contributed by atoms with Crippen LogP contribution in [0.3, 0.4) is 0 Å². The van der Waals surface area contributed by atoms with Crippen molar-refractivity contribution in [1.29, 1.82) is 0 Å². The third-order valence-corrected chi connectivity index (χ3v) is 3.27. The average molecular weight is 309 g/mol. The van der Waals surface area contributed by atoms with Crippen molar-refractivity contribution in [2.24, 2.45) is 0 Å². The number of hydrogen-bond donors (Lipinski definition) is 1. The molecule has 0 saturated carbocycles. The Bertz CT molecular complexity index is 588. The highest BCUT2D eigenvalue weighted by molar-refractivity contribution is 6.30. The number of aliphatic hydroxyl groups is 1. The van der Waals surface area contributed by atoms with Gasteiger partial charge >= 0.3 is 0 Å². The third kappa shape index (κ3) is 3.60. The van der Waals surface area contributed by atoms with E-state index in [4.69, 9.17) is 25.8 Å². The summed E-state index contributed by atoms with van der Waals surface area (Å²) in [6, 6.07) is 10.9. The molecule has 21 heavy (non-hydrogen) atoms. The molecule has 0 bridgehead atoms. The first kappa shape index (κ1) is 15.5. The first-order valence-electron chi connectivity index (χ1n) is 6.41. The number of halogens is 1. The molecule has 2 rings (SSSR count). The zero-order valence-electron chi connectivity index (χ0n) is 11.9. The van der Waals surface area contributed by atoms with Gasteiger partial charge < -0.3 is 19.3 Å². The molecule has 1 N–H and O–H groups in total. The Morgan fingerprint density at radius 3 is 2.38 bits per heavy atom. The van der Waals surface area contributed by atoms with Gasteiger partial charge in [0.1, 0.15) is 12.4 Å². The zero-order chi connectivity index (χ0) is 15.2. The summed E-state index contributed by atoms with van der Waals surface area (Å²) in [5.41, 5.74) is 1.48. The SMILES string of the molecule is COc1ccccc1COc1c(CO)cc(Cl)cc1OC. The first-order chi connectivity index (χ1) is 10.2. The fourth-order valence-electron chi connectivity index (χ4n) is 2.03. The molecule has 5 heteroatoms. The van der Waals surface area contributed by atoms with Crippen molar-refractivity contribution in [2.45, 2.75) is 13.2 Å². The van der Waals surface area contributed by atoms with E-state index < -0.39 is 0 Å². The van der Waals surface area contributed by atoms with Crippen LogP contribution in [0.2, 0.25) is 5.02 Å². The second kappa shape index (κ2) is 7.20. The predicted molar refractivity (Wildman–Crippen MR) is 81.3 cm³/mol. The summed E-state index contributed by atoms with van der Waals surface area (Å²) < 4.78 is 16.4. The van der Waals surface area contributed by atoms with E-state index in [1.165, 1.54) is 7.11 Å². The lowest BCUT2D eigenvalue weighted by atomic mass is 10.2. The molecule has 112 valence electrons. The molecule has 4 nitrogen and oxygen atoms in total. The van der Waals surface area contributed by atoms with E-state index in [1.807, 2.05) is 24.3 Å². The van der Waals surface area contributed by atoms with Gasteiger partial charge in [-0.25, -0.2) is 0 Å². The van der Waals surface area contributed by atoms with Crippen LogP contribution in [-0.2, 0) is 13.2 Å². The summed E-state index contributed by atoms with van der Waals surface area (Å²) in [7, 11) is 3.14. The summed E-state index contributed by atoms with van der Waals surface area (Å²) >= 11 is 5.98. The van der Waals surface area contributed by atoms with Gasteiger partial charge in [0, 0.05) is 22.2 Å². The van der Waals surface area contributed by atoms with Crippen LogP contribution in [0.15, 0.2) is 36.4 Å². The zero-order valence-corrected chi connectivity index (χ0v) is 12.7. The number of hydrogen-bond acceptors (Lipinski definition) is 4. The number of ether oxygens (including phenoxy) is 3. The van der Waals surface area contributed by atoms with Gasteiger partial charge in [0.25, 0.3) is 0 Å². The van der Waals surface area contributed by atoms with Gasteiger partial charge in [-0.05, 0) is 12.1 Å². The van der Waals surface area contributed by atoms with Crippen LogP contribution in [0.1, 0.15) is 11.1 Å². The van der Waals surface area contributed by atoms with Crippen LogP contribution in [-0.4, -0.2) is 19.3 Å². The Balaban J connectivity index is 2.27. The maximum absolute atomic E-state index is 9.44. The number of para-hydroxylation sites is 1. The highest BCUT2D eigenvalue weighted by atomic mass is 35.5. The molecular formula is C16H17ClO4. The Morgan fingerprint density at radius 1 is 1.00 bits per heavy atom. The summed E-state index contributed by atoms with van der Waals surface area (Å²) in [6.07, 6.45) is 0. The molecule has 0 aliphatic heterocycles. The van der Waals surface area contributed by atoms with Gasteiger partial charge in [0.15, 0.2) is 11.5 Å². The molecule has 0 aliphatic carbocycles. The maximum atomic E-state index is 9.44. The summed E-state index contributed by atoms with van der Waals surface area (Å²) in [5.74, 6) is 1.72. The quantitative estimate of drug-likeness (QED) is 0.888. The number of benzene rings is 2. The van der Waals surface area contributed by atoms with Gasteiger partial charge in [-0.15, -0.1) is 0 Å². The largest absolute Gasteiger partial charge is 0.496 e. The summed E-state index contributed by atoms with van der Waals surface area (Å²) in [6.45, 7) is 0.118. The van der Waals surface area contributed by atoms with Crippen molar-refractivity contribution in [3.05, 3.63) is 52.5 Å². The molecule has 0 spiro atoms. The first-order valence-corrected chi connectivity index (χ1v) is 6.79. The molecule has 0 heterocycles. The van der Waals surface area contributed by atoms with E-state index in [-0.39, 0.29) is 6.61 Å². The summed E-state index contributed by atoms with van der Waals surface area (Å²) in [4.78, 5) is 0. The molecule has 2 aromatic carbocycles. The minimum Gasteiger partial charge on any atom is -0.496 e. The van der Waals surface area contributed by atoms with Crippen LogP contribution in [0.5, 0.6) is 17.2 Å². The topological polar surface area (TPSA) is 47.9 Å². The predicted octanol–water partition coefficient (Wildman–Crippen LogP) is 3.43. The molecule has 0 radical (unpaired) electrons. The molecule has 0 aromatic heterocycles. The standard InChI is InChI=1S/C16H17ClO4/c1-19-14-6-4-3-5-11(14)10-21-16-12(9-18)7-13(17)8-15(16)20-2/h3-8,18H,9-10H2,1-2H3. The maximum Gasteiger partial charge on any atom is 0.167 e. The van der Waals surface area contributed by atoms with E-state index in [2.05, 4.69) is 0 Å². The molecule has 0 fully saturated rings. The second-order valence-electron chi connectivity index (χ2n) is 4.35. The van der Waals surface area contributed by atoms with E-state index in [0.29, 0.717) is 28.7 Å². The molecule has 0 saturated heterocycles. The van der Waals surface area contributed by atoms with Crippen molar-refractivity contribution in [3.8, 4) is 17.2 Å². The third-order valence-electron chi connectivity index (χ3n) is 3.05. The number of aliphatic hydroxyl groups excluding tert-OH is 1. The molecule has 2 aromatic rings. The lowest BCUT2D eigenvalue weighted by Crippen LogP contribution is -2.03. The van der Waals surface area contributed by atoms with E-state index in [1.54, 1.807) is 19.2 Å². The molecule has 0 amide bonds. The fraction of sp³-hybridized carbons (Fsp3) is 0.250. The van der Waals surface area contributed by atoms with Crippen LogP contribution in [0.4, 0.5) is 0 Å². The smallest absolute Gasteiger partial charge is 0.167 e. The Labute approximate surface area is 128 Å². The van der Waals surface area contributed by atoms with Crippen LogP contribution >= 0.6 is 11.6 Å². The van der Waals surface area contributed by atoms with Crippen molar-refractivity contribution in [2.75, 3.05) is 14.2 Å². The van der Waals surface area contributed by atoms with Crippen LogP contribution in [0.25, 0.3) is 0 Å². The van der Waals surface area contributed by atoms with Crippen molar-refractivity contribution in [3.63, 3.8) is 0 Å². The highest BCUT2D eigenvalue weighted by Crippen LogP contribution is 2.35. The number of methoxy groups -OCH3 is 2. The van der Waals surface area contributed by atoms with E-state index in [0.717, 1.165) is 11.3 Å². The average Bonchev–Trinajstić information content (AvgIpc) is 2.52. The van der Waals surface area contributed by atoms with Crippen LogP contribution < -0.4 is 14.2 Å². The van der Waals surface area contributed by atoms with Crippen molar-refractivity contribution >= 4 is 11.6 Å². The van der Waals surface area contributed by atoms with Crippen molar-refractivity contribution < 1.29 is 19.3 Å². The summed E-state index contributed by atoms with van der Waals surface area (Å²) in [5, 5.41) is 9.93. The molecule has 0 unspecified atom stereocenters. The Hall–Kier alpha value is -1.91. The lowest BCUT2D eigenvalue weighted by Gasteiger charge is -2.16. The minimum atomic E-state index is -0.182. The minimum absolute atomic E-state index is 0.182. The monoisotopic (exact) mass is 308 g/mol. The number of rotatable bonds is 6. The second-order valence-corrected chi connectivity index (χ2v) is 4.79. The fourth-order valence-corrected chi connectivity index (χ4v) is 2.26. The van der Waals surface area contributed by atoms with Gasteiger partial charge in [-0.1, -0.05) is 29.8 Å². The van der Waals surface area contributed by atoms with Crippen molar-refractivity contribution in [1.82, 2.24) is 0 Å². The molecular weight excluding hydrogens is 292 g/mol. The van der Waals surface area contributed by atoms with E-state index >= 15 is 0 Å². The van der Waals surface area contributed by atoms with Crippen LogP contribution in [0, 0.1) is 0 Å². The Kier molecular flexibility index (Phi) is 5.31. The van der Waals surface area contributed by atoms with Gasteiger partial charge in [-0.3, -0.25) is 0 Å². The van der Waals surface area contributed by atoms with Gasteiger partial charge in [-0.2, -0.15) is 0 Å². The molecule has 0 atom stereocenters. The van der Waals surface area contributed by atoms with E-state index in [9.17, 15) is 5.11 Å². The van der Waals surface area contributed by atoms with Gasteiger partial charge in [0.05, 0.1) is 20.8 Å². The highest BCUT2D eigenvalue weighted by Gasteiger charge is 2.13. The lowest BCUT2D eigenvalue weighted by molar-refractivity contribution is 0.247. The normalized spacial score (nSPS) is 10.3. The van der Waals surface area contributed by atoms with Gasteiger partial charge in [0.2, 0.25) is 0 Å².